The molecule has 2 aromatic carbocycles. The molecule has 0 aromatic heterocycles. The first-order valence-corrected chi connectivity index (χ1v) is 14.5. The number of fused-ring (bicyclic) bond motifs is 5. The molecule has 2 aromatic rings. The fourth-order valence-electron chi connectivity index (χ4n) is 5.46. The van der Waals surface area contributed by atoms with Crippen molar-refractivity contribution in [2.45, 2.75) is 77.3 Å². The Morgan fingerprint density at radius 2 is 1.20 bits per heavy atom. The van der Waals surface area contributed by atoms with E-state index in [2.05, 4.69) is 10.6 Å². The van der Waals surface area contributed by atoms with Gasteiger partial charge in [0.2, 0.25) is 11.8 Å². The first-order valence-electron chi connectivity index (χ1n) is 14.5. The van der Waals surface area contributed by atoms with Gasteiger partial charge in [-0.3, -0.25) is 19.2 Å². The van der Waals surface area contributed by atoms with Crippen LogP contribution >= 0.6 is 0 Å². The van der Waals surface area contributed by atoms with Crippen LogP contribution in [0.3, 0.4) is 0 Å². The smallest absolute Gasteiger partial charge is 0.254 e. The average Bonchev–Trinajstić information content (AvgIpc) is 2.92. The molecule has 0 saturated heterocycles. The van der Waals surface area contributed by atoms with Gasteiger partial charge in [-0.05, 0) is 81.8 Å². The third-order valence-corrected chi connectivity index (χ3v) is 7.39. The van der Waals surface area contributed by atoms with Crippen molar-refractivity contribution >= 4 is 23.6 Å². The molecule has 2 aliphatic rings. The number of hydrogen-bond donors (Lipinski definition) is 2. The van der Waals surface area contributed by atoms with Gasteiger partial charge in [-0.2, -0.15) is 0 Å². The SMILES string of the molecule is CC(C)(C)NC(=O)CN1CCCCN(CC(=O)NC2CCCCC2)C(=O)c2cccc(c2)-c2cccc(c2)C1=O. The molecule has 1 aliphatic heterocycles. The Bertz CT molecular complexity index is 1230. The molecule has 2 N–H and O–H groups in total. The van der Waals surface area contributed by atoms with Gasteiger partial charge in [0.1, 0.15) is 0 Å². The summed E-state index contributed by atoms with van der Waals surface area (Å²) in [5, 5.41) is 6.07. The summed E-state index contributed by atoms with van der Waals surface area (Å²) in [6.07, 6.45) is 6.57. The Morgan fingerprint density at radius 3 is 1.70 bits per heavy atom. The number of carbonyl (C=O) groups excluding carboxylic acids is 4. The van der Waals surface area contributed by atoms with E-state index in [-0.39, 0.29) is 42.8 Å². The molecule has 1 heterocycles. The summed E-state index contributed by atoms with van der Waals surface area (Å²) in [5.41, 5.74) is 2.21. The van der Waals surface area contributed by atoms with Crippen LogP contribution in [0.25, 0.3) is 11.1 Å². The Kier molecular flexibility index (Phi) is 9.61. The molecular formula is C32H42N4O4. The molecule has 0 atom stereocenters. The van der Waals surface area contributed by atoms with Gasteiger partial charge in [0.15, 0.2) is 0 Å². The van der Waals surface area contributed by atoms with Crippen molar-refractivity contribution in [2.24, 2.45) is 0 Å². The molecule has 1 aliphatic carbocycles. The first kappa shape index (κ1) is 29.3. The number of nitrogens with one attached hydrogen (secondary N) is 2. The van der Waals surface area contributed by atoms with Gasteiger partial charge in [0.25, 0.3) is 11.8 Å². The molecule has 4 amide bonds. The normalized spacial score (nSPS) is 17.3. The molecule has 1 fully saturated rings. The number of benzene rings is 2. The van der Waals surface area contributed by atoms with Crippen molar-refractivity contribution in [1.29, 1.82) is 0 Å². The fraction of sp³-hybridized carbons (Fsp3) is 0.500. The average molecular weight is 547 g/mol. The summed E-state index contributed by atoms with van der Waals surface area (Å²) in [5.74, 6) is -0.756. The number of amides is 4. The van der Waals surface area contributed by atoms with Gasteiger partial charge >= 0.3 is 0 Å². The second-order valence-corrected chi connectivity index (χ2v) is 12.0. The van der Waals surface area contributed by atoms with E-state index in [1.807, 2.05) is 57.2 Å². The van der Waals surface area contributed by atoms with Crippen LogP contribution in [0.4, 0.5) is 0 Å². The van der Waals surface area contributed by atoms with Crippen LogP contribution in [-0.4, -0.2) is 71.2 Å². The van der Waals surface area contributed by atoms with Crippen molar-refractivity contribution < 1.29 is 19.2 Å². The van der Waals surface area contributed by atoms with Crippen LogP contribution < -0.4 is 10.6 Å². The largest absolute Gasteiger partial charge is 0.352 e. The zero-order chi connectivity index (χ0) is 28.7. The van der Waals surface area contributed by atoms with Crippen LogP contribution in [0, 0.1) is 0 Å². The van der Waals surface area contributed by atoms with Crippen LogP contribution in [0.5, 0.6) is 0 Å². The zero-order valence-electron chi connectivity index (χ0n) is 24.0. The summed E-state index contributed by atoms with van der Waals surface area (Å²) in [6, 6.07) is 14.8. The van der Waals surface area contributed by atoms with E-state index in [4.69, 9.17) is 0 Å². The van der Waals surface area contributed by atoms with E-state index in [1.165, 1.54) is 6.42 Å². The maximum atomic E-state index is 13.7. The topological polar surface area (TPSA) is 98.8 Å². The fourth-order valence-corrected chi connectivity index (χ4v) is 5.46. The predicted molar refractivity (Wildman–Crippen MR) is 156 cm³/mol. The zero-order valence-corrected chi connectivity index (χ0v) is 24.0. The van der Waals surface area contributed by atoms with Gasteiger partial charge in [0, 0.05) is 35.8 Å². The lowest BCUT2D eigenvalue weighted by molar-refractivity contribution is -0.123. The molecule has 0 unspecified atom stereocenters. The van der Waals surface area contributed by atoms with Crippen molar-refractivity contribution in [3.8, 4) is 11.1 Å². The van der Waals surface area contributed by atoms with Gasteiger partial charge in [-0.25, -0.2) is 0 Å². The highest BCUT2D eigenvalue weighted by molar-refractivity contribution is 5.99. The van der Waals surface area contributed by atoms with Crippen molar-refractivity contribution in [3.63, 3.8) is 0 Å². The molecule has 8 heteroatoms. The predicted octanol–water partition coefficient (Wildman–Crippen LogP) is 4.40. The number of rotatable bonds is 5. The van der Waals surface area contributed by atoms with Crippen LogP contribution in [0.1, 0.15) is 86.4 Å². The first-order chi connectivity index (χ1) is 19.1. The lowest BCUT2D eigenvalue weighted by atomic mass is 9.95. The molecule has 0 spiro atoms. The van der Waals surface area contributed by atoms with Gasteiger partial charge in [-0.15, -0.1) is 0 Å². The molecular weight excluding hydrogens is 504 g/mol. The lowest BCUT2D eigenvalue weighted by Gasteiger charge is -2.28. The van der Waals surface area contributed by atoms with Gasteiger partial charge in [-0.1, -0.05) is 43.5 Å². The number of nitrogens with zero attached hydrogens (tertiary/aromatic N) is 2. The van der Waals surface area contributed by atoms with E-state index in [0.29, 0.717) is 37.1 Å². The number of hydrogen-bond acceptors (Lipinski definition) is 4. The Labute approximate surface area is 237 Å². The van der Waals surface area contributed by atoms with Crippen molar-refractivity contribution in [3.05, 3.63) is 59.7 Å². The number of carbonyl (C=O) groups is 4. The Hall–Kier alpha value is -3.68. The van der Waals surface area contributed by atoms with Crippen LogP contribution in [0.2, 0.25) is 0 Å². The molecule has 0 radical (unpaired) electrons. The molecule has 214 valence electrons. The second-order valence-electron chi connectivity index (χ2n) is 12.0. The third-order valence-electron chi connectivity index (χ3n) is 7.39. The quantitative estimate of drug-likeness (QED) is 0.581. The second kappa shape index (κ2) is 13.1. The maximum Gasteiger partial charge on any atom is 0.254 e. The molecule has 40 heavy (non-hydrogen) atoms. The van der Waals surface area contributed by atoms with E-state index in [1.54, 1.807) is 21.9 Å². The van der Waals surface area contributed by atoms with E-state index in [0.717, 1.165) is 36.8 Å². The van der Waals surface area contributed by atoms with E-state index < -0.39 is 5.54 Å². The Balaban J connectivity index is 1.59. The van der Waals surface area contributed by atoms with Crippen LogP contribution in [0.15, 0.2) is 48.5 Å². The molecule has 4 bridgehead atoms. The molecule has 4 rings (SSSR count). The monoisotopic (exact) mass is 546 g/mol. The molecule has 1 saturated carbocycles. The van der Waals surface area contributed by atoms with Gasteiger partial charge < -0.3 is 20.4 Å². The minimum atomic E-state index is -0.410. The van der Waals surface area contributed by atoms with Crippen molar-refractivity contribution in [1.82, 2.24) is 20.4 Å². The highest BCUT2D eigenvalue weighted by atomic mass is 16.2. The summed E-state index contributed by atoms with van der Waals surface area (Å²) in [7, 11) is 0. The minimum Gasteiger partial charge on any atom is -0.352 e. The Morgan fingerprint density at radius 1 is 0.725 bits per heavy atom. The third kappa shape index (κ3) is 8.16. The minimum absolute atomic E-state index is 0.00825. The summed E-state index contributed by atoms with van der Waals surface area (Å²) in [6.45, 7) is 6.40. The lowest BCUT2D eigenvalue weighted by Crippen LogP contribution is -2.47. The van der Waals surface area contributed by atoms with Gasteiger partial charge in [0.05, 0.1) is 13.1 Å². The summed E-state index contributed by atoms with van der Waals surface area (Å²) >= 11 is 0. The van der Waals surface area contributed by atoms with E-state index >= 15 is 0 Å². The maximum absolute atomic E-state index is 13.7. The highest BCUT2D eigenvalue weighted by Gasteiger charge is 2.25. The van der Waals surface area contributed by atoms with E-state index in [9.17, 15) is 19.2 Å². The van der Waals surface area contributed by atoms with Crippen molar-refractivity contribution in [2.75, 3.05) is 26.2 Å². The summed E-state index contributed by atoms with van der Waals surface area (Å²) < 4.78 is 0. The standard InChI is InChI=1S/C32H42N4O4/c1-32(2,3)34-29(38)22-36-18-8-7-17-35(21-28(37)33-27-15-5-4-6-16-27)30(39)25-13-9-11-23(19-25)24-12-10-14-26(20-24)31(36)40/h9-14,19-20,27H,4-8,15-18,21-22H2,1-3H3,(H,33,37)(H,34,38). The molecule has 8 nitrogen and oxygen atoms in total. The summed E-state index contributed by atoms with van der Waals surface area (Å²) in [4.78, 5) is 56.2. The highest BCUT2D eigenvalue weighted by Crippen LogP contribution is 2.24. The van der Waals surface area contributed by atoms with Crippen LogP contribution in [-0.2, 0) is 9.59 Å².